The highest BCUT2D eigenvalue weighted by atomic mass is 19.1. The molecule has 1 N–H and O–H groups in total. The Morgan fingerprint density at radius 2 is 1.81 bits per heavy atom. The number of imide groups is 1. The Morgan fingerprint density at radius 1 is 1.10 bits per heavy atom. The van der Waals surface area contributed by atoms with Crippen molar-refractivity contribution in [2.24, 2.45) is 0 Å². The molecule has 7 heteroatoms. The van der Waals surface area contributed by atoms with Gasteiger partial charge in [-0.3, -0.25) is 14.5 Å². The van der Waals surface area contributed by atoms with Crippen molar-refractivity contribution in [3.63, 3.8) is 0 Å². The Kier molecular flexibility index (Phi) is 5.76. The third-order valence-corrected chi connectivity index (χ3v) is 6.19. The fourth-order valence-electron chi connectivity index (χ4n) is 4.40. The average Bonchev–Trinajstić information content (AvgIpc) is 3.02. The maximum absolute atomic E-state index is 13.5. The number of carbonyl (C=O) groups is 3. The van der Waals surface area contributed by atoms with Crippen LogP contribution in [0.2, 0.25) is 0 Å². The normalized spacial score (nSPS) is 20.6. The third kappa shape index (κ3) is 3.92. The van der Waals surface area contributed by atoms with E-state index in [1.165, 1.54) is 29.8 Å². The topological polar surface area (TPSA) is 69.7 Å². The van der Waals surface area contributed by atoms with E-state index in [4.69, 9.17) is 0 Å². The Hall–Kier alpha value is -3.22. The van der Waals surface area contributed by atoms with Crippen molar-refractivity contribution in [2.75, 3.05) is 13.1 Å². The molecule has 1 atom stereocenters. The van der Waals surface area contributed by atoms with Crippen molar-refractivity contribution in [3.8, 4) is 0 Å². The van der Waals surface area contributed by atoms with Crippen LogP contribution in [0, 0.1) is 5.82 Å². The lowest BCUT2D eigenvalue weighted by molar-refractivity contribution is -0.139. The number of halogens is 1. The zero-order valence-electron chi connectivity index (χ0n) is 17.6. The molecule has 2 heterocycles. The summed E-state index contributed by atoms with van der Waals surface area (Å²) in [5, 5.41) is 2.81. The Bertz CT molecular complexity index is 1010. The molecule has 6 nitrogen and oxygen atoms in total. The van der Waals surface area contributed by atoms with Crippen LogP contribution in [0.15, 0.2) is 48.5 Å². The van der Waals surface area contributed by atoms with Gasteiger partial charge in [0.1, 0.15) is 17.9 Å². The Labute approximate surface area is 181 Å². The van der Waals surface area contributed by atoms with Gasteiger partial charge in [-0.1, -0.05) is 56.2 Å². The summed E-state index contributed by atoms with van der Waals surface area (Å²) in [6.45, 7) is 2.72. The molecule has 0 saturated carbocycles. The van der Waals surface area contributed by atoms with Gasteiger partial charge in [0.25, 0.3) is 5.91 Å². The summed E-state index contributed by atoms with van der Waals surface area (Å²) in [7, 11) is 0. The summed E-state index contributed by atoms with van der Waals surface area (Å²) in [4.78, 5) is 41.8. The molecule has 1 saturated heterocycles. The second-order valence-electron chi connectivity index (χ2n) is 8.17. The van der Waals surface area contributed by atoms with Gasteiger partial charge in [0.2, 0.25) is 5.91 Å². The molecular weight excluding hydrogens is 397 g/mol. The van der Waals surface area contributed by atoms with E-state index in [2.05, 4.69) is 11.4 Å². The molecule has 162 valence electrons. The first-order chi connectivity index (χ1) is 14.9. The number of nitrogens with one attached hydrogen (secondary N) is 1. The van der Waals surface area contributed by atoms with Crippen LogP contribution in [0.1, 0.15) is 42.9 Å². The van der Waals surface area contributed by atoms with Crippen LogP contribution in [-0.2, 0) is 28.1 Å². The van der Waals surface area contributed by atoms with Crippen LogP contribution in [0.4, 0.5) is 9.18 Å². The van der Waals surface area contributed by atoms with Gasteiger partial charge in [0, 0.05) is 13.1 Å². The van der Waals surface area contributed by atoms with Gasteiger partial charge in [-0.05, 0) is 41.7 Å². The standard InChI is InChI=1S/C24H26FN3O3/c1-2-3-13-24(19-8-10-20(25)11-9-19)22(30)28(23(31)26-24)16-21(29)27-14-12-17-6-4-5-7-18(17)15-27/h4-11H,2-3,12-16H2,1H3,(H,26,31)/t24-/m1/s1. The van der Waals surface area contributed by atoms with Gasteiger partial charge in [0.05, 0.1) is 0 Å². The van der Waals surface area contributed by atoms with E-state index in [9.17, 15) is 18.8 Å². The van der Waals surface area contributed by atoms with Gasteiger partial charge in [-0.15, -0.1) is 0 Å². The van der Waals surface area contributed by atoms with Crippen molar-refractivity contribution in [2.45, 2.75) is 44.7 Å². The highest BCUT2D eigenvalue weighted by molar-refractivity contribution is 6.09. The molecular formula is C24H26FN3O3. The molecule has 0 bridgehead atoms. The summed E-state index contributed by atoms with van der Waals surface area (Å²) in [5.41, 5.74) is 1.57. The molecule has 0 spiro atoms. The van der Waals surface area contributed by atoms with Crippen LogP contribution in [0.5, 0.6) is 0 Å². The maximum atomic E-state index is 13.5. The molecule has 0 aromatic heterocycles. The third-order valence-electron chi connectivity index (χ3n) is 6.19. The molecule has 0 unspecified atom stereocenters. The van der Waals surface area contributed by atoms with Crippen molar-refractivity contribution in [1.29, 1.82) is 0 Å². The predicted molar refractivity (Wildman–Crippen MR) is 113 cm³/mol. The van der Waals surface area contributed by atoms with E-state index in [-0.39, 0.29) is 12.5 Å². The molecule has 1 fully saturated rings. The van der Waals surface area contributed by atoms with Crippen LogP contribution >= 0.6 is 0 Å². The molecule has 0 aliphatic carbocycles. The maximum Gasteiger partial charge on any atom is 0.325 e. The van der Waals surface area contributed by atoms with Crippen molar-refractivity contribution in [1.82, 2.24) is 15.1 Å². The summed E-state index contributed by atoms with van der Waals surface area (Å²) in [5.74, 6) is -1.13. The zero-order chi connectivity index (χ0) is 22.0. The van der Waals surface area contributed by atoms with Gasteiger partial charge < -0.3 is 10.2 Å². The second-order valence-corrected chi connectivity index (χ2v) is 8.17. The number of unbranched alkanes of at least 4 members (excludes halogenated alkanes) is 1. The lowest BCUT2D eigenvalue weighted by Crippen LogP contribution is -2.46. The lowest BCUT2D eigenvalue weighted by atomic mass is 9.85. The van der Waals surface area contributed by atoms with Crippen molar-refractivity contribution in [3.05, 3.63) is 71.0 Å². The van der Waals surface area contributed by atoms with Gasteiger partial charge in [-0.2, -0.15) is 0 Å². The largest absolute Gasteiger partial charge is 0.336 e. The summed E-state index contributed by atoms with van der Waals surface area (Å²) < 4.78 is 13.5. The van der Waals surface area contributed by atoms with E-state index in [1.807, 2.05) is 25.1 Å². The quantitative estimate of drug-likeness (QED) is 0.725. The van der Waals surface area contributed by atoms with Crippen molar-refractivity contribution >= 4 is 17.8 Å². The summed E-state index contributed by atoms with van der Waals surface area (Å²) in [6, 6.07) is 13.0. The monoisotopic (exact) mass is 423 g/mol. The minimum absolute atomic E-state index is 0.261. The SMILES string of the molecule is CCCC[C@]1(c2ccc(F)cc2)NC(=O)N(CC(=O)N2CCc3ccccc3C2)C1=O. The number of hydrogen-bond acceptors (Lipinski definition) is 3. The van der Waals surface area contributed by atoms with Crippen LogP contribution in [0.3, 0.4) is 0 Å². The molecule has 4 rings (SSSR count). The minimum Gasteiger partial charge on any atom is -0.336 e. The minimum atomic E-state index is -1.27. The molecule has 2 aromatic rings. The van der Waals surface area contributed by atoms with E-state index >= 15 is 0 Å². The lowest BCUT2D eigenvalue weighted by Gasteiger charge is -2.30. The van der Waals surface area contributed by atoms with Crippen LogP contribution in [-0.4, -0.2) is 40.7 Å². The fraction of sp³-hybridized carbons (Fsp3) is 0.375. The first-order valence-corrected chi connectivity index (χ1v) is 10.7. The molecule has 2 aliphatic heterocycles. The van der Waals surface area contributed by atoms with Crippen molar-refractivity contribution < 1.29 is 18.8 Å². The van der Waals surface area contributed by atoms with Gasteiger partial charge in [-0.25, -0.2) is 9.18 Å². The van der Waals surface area contributed by atoms with E-state index in [0.29, 0.717) is 31.5 Å². The number of urea groups is 1. The number of rotatable bonds is 6. The van der Waals surface area contributed by atoms with Gasteiger partial charge >= 0.3 is 6.03 Å². The number of amides is 4. The summed E-state index contributed by atoms with van der Waals surface area (Å²) in [6.07, 6.45) is 2.67. The molecule has 2 aliphatic rings. The number of fused-ring (bicyclic) bond motifs is 1. The van der Waals surface area contributed by atoms with Crippen LogP contribution < -0.4 is 5.32 Å². The van der Waals surface area contributed by atoms with E-state index in [1.54, 1.807) is 4.90 Å². The van der Waals surface area contributed by atoms with Gasteiger partial charge in [0.15, 0.2) is 0 Å². The zero-order valence-corrected chi connectivity index (χ0v) is 17.6. The highest BCUT2D eigenvalue weighted by Gasteiger charge is 2.52. The first-order valence-electron chi connectivity index (χ1n) is 10.7. The molecule has 4 amide bonds. The average molecular weight is 423 g/mol. The Balaban J connectivity index is 1.54. The Morgan fingerprint density at radius 3 is 2.52 bits per heavy atom. The number of nitrogens with zero attached hydrogens (tertiary/aromatic N) is 2. The number of carbonyl (C=O) groups excluding carboxylic acids is 3. The van der Waals surface area contributed by atoms with E-state index in [0.717, 1.165) is 23.3 Å². The fourth-order valence-corrected chi connectivity index (χ4v) is 4.40. The first kappa shape index (κ1) is 21.0. The van der Waals surface area contributed by atoms with E-state index < -0.39 is 23.3 Å². The summed E-state index contributed by atoms with van der Waals surface area (Å²) >= 11 is 0. The smallest absolute Gasteiger partial charge is 0.325 e. The second kappa shape index (κ2) is 8.49. The molecule has 0 radical (unpaired) electrons. The molecule has 2 aromatic carbocycles. The predicted octanol–water partition coefficient (Wildman–Crippen LogP) is 3.35. The number of hydrogen-bond donors (Lipinski definition) is 1. The van der Waals surface area contributed by atoms with Crippen LogP contribution in [0.25, 0.3) is 0 Å². The molecule has 31 heavy (non-hydrogen) atoms. The highest BCUT2D eigenvalue weighted by Crippen LogP contribution is 2.34. The number of benzene rings is 2.